The van der Waals surface area contributed by atoms with E-state index in [9.17, 15) is 0 Å². The van der Waals surface area contributed by atoms with E-state index >= 15 is 0 Å². The van der Waals surface area contributed by atoms with E-state index in [2.05, 4.69) is 41.3 Å². The first-order valence-electron chi connectivity index (χ1n) is 6.94. The lowest BCUT2D eigenvalue weighted by molar-refractivity contribution is 0.427. The Morgan fingerprint density at radius 1 is 1.05 bits per heavy atom. The van der Waals surface area contributed by atoms with E-state index in [1.54, 1.807) is 12.4 Å². The molecule has 0 saturated heterocycles. The van der Waals surface area contributed by atoms with E-state index in [1.165, 1.54) is 11.1 Å². The topological polar surface area (TPSA) is 64.9 Å². The van der Waals surface area contributed by atoms with Gasteiger partial charge in [0.1, 0.15) is 0 Å². The van der Waals surface area contributed by atoms with Crippen molar-refractivity contribution in [1.82, 2.24) is 10.1 Å². The van der Waals surface area contributed by atoms with Gasteiger partial charge >= 0.3 is 0 Å². The van der Waals surface area contributed by atoms with Crippen LogP contribution < -0.4 is 5.73 Å². The second-order valence-electron chi connectivity index (χ2n) is 5.03. The van der Waals surface area contributed by atoms with Crippen LogP contribution in [0.2, 0.25) is 0 Å². The molecular weight excluding hydrogens is 262 g/mol. The molecule has 0 saturated carbocycles. The minimum atomic E-state index is 0.362. The van der Waals surface area contributed by atoms with Crippen LogP contribution in [-0.2, 0) is 12.8 Å². The Hall–Kier alpha value is -2.62. The summed E-state index contributed by atoms with van der Waals surface area (Å²) in [5.74, 6) is 0.362. The number of hydrogen-bond acceptors (Lipinski definition) is 4. The molecule has 0 amide bonds. The fourth-order valence-electron chi connectivity index (χ4n) is 2.48. The first-order chi connectivity index (χ1) is 10.3. The number of rotatable bonds is 4. The van der Waals surface area contributed by atoms with E-state index < -0.39 is 0 Å². The zero-order valence-corrected chi connectivity index (χ0v) is 11.9. The van der Waals surface area contributed by atoms with Gasteiger partial charge in [-0.05, 0) is 48.6 Å². The highest BCUT2D eigenvalue weighted by Gasteiger charge is 2.15. The Labute approximate surface area is 123 Å². The molecule has 0 aliphatic carbocycles. The molecule has 0 aliphatic heterocycles. The molecule has 4 nitrogen and oxygen atoms in total. The molecule has 2 N–H and O–H groups in total. The number of nitrogens with two attached hydrogens (primary N) is 1. The van der Waals surface area contributed by atoms with Gasteiger partial charge in [0.15, 0.2) is 0 Å². The highest BCUT2D eigenvalue weighted by molar-refractivity contribution is 5.74. The number of nitrogen functional groups attached to an aromatic ring is 1. The molecule has 2 aromatic heterocycles. The number of nitrogens with zero attached hydrogens (tertiary/aromatic N) is 2. The number of aryl methyl sites for hydroxylation is 3. The lowest BCUT2D eigenvalue weighted by atomic mass is 9.99. The maximum atomic E-state index is 5.92. The zero-order valence-electron chi connectivity index (χ0n) is 11.9. The van der Waals surface area contributed by atoms with Crippen molar-refractivity contribution in [2.75, 3.05) is 5.73 Å². The monoisotopic (exact) mass is 279 g/mol. The summed E-state index contributed by atoms with van der Waals surface area (Å²) in [6.07, 6.45) is 5.19. The number of anilines is 1. The first kappa shape index (κ1) is 13.4. The molecule has 4 heteroatoms. The standard InChI is InChI=1S/C17H17N3O/c1-12-4-2-3-5-13(12)6-7-15-16(17(18)21-20-15)14-8-10-19-11-9-14/h2-5,8-11H,6-7,18H2,1H3. The van der Waals surface area contributed by atoms with E-state index in [4.69, 9.17) is 10.3 Å². The smallest absolute Gasteiger partial charge is 0.230 e. The van der Waals surface area contributed by atoms with Gasteiger partial charge in [-0.3, -0.25) is 4.98 Å². The van der Waals surface area contributed by atoms with Crippen molar-refractivity contribution in [3.63, 3.8) is 0 Å². The summed E-state index contributed by atoms with van der Waals surface area (Å²) in [6.45, 7) is 2.12. The predicted octanol–water partition coefficient (Wildman–Crippen LogP) is 3.41. The van der Waals surface area contributed by atoms with Crippen LogP contribution in [0.4, 0.5) is 5.88 Å². The van der Waals surface area contributed by atoms with Crippen LogP contribution in [0.25, 0.3) is 11.1 Å². The molecular formula is C17H17N3O. The molecule has 3 rings (SSSR count). The molecule has 0 spiro atoms. The van der Waals surface area contributed by atoms with Crippen LogP contribution in [0.1, 0.15) is 16.8 Å². The van der Waals surface area contributed by atoms with Crippen molar-refractivity contribution in [1.29, 1.82) is 0 Å². The second-order valence-corrected chi connectivity index (χ2v) is 5.03. The van der Waals surface area contributed by atoms with Crippen molar-refractivity contribution in [2.24, 2.45) is 0 Å². The molecule has 106 valence electrons. The lowest BCUT2D eigenvalue weighted by Gasteiger charge is -2.05. The first-order valence-corrected chi connectivity index (χ1v) is 6.94. The van der Waals surface area contributed by atoms with Crippen molar-refractivity contribution in [3.05, 3.63) is 65.6 Å². The van der Waals surface area contributed by atoms with Gasteiger partial charge in [-0.2, -0.15) is 0 Å². The average Bonchev–Trinajstić information content (AvgIpc) is 2.88. The van der Waals surface area contributed by atoms with Crippen molar-refractivity contribution in [3.8, 4) is 11.1 Å². The van der Waals surface area contributed by atoms with Crippen LogP contribution in [0.15, 0.2) is 53.3 Å². The van der Waals surface area contributed by atoms with Crippen LogP contribution in [0.3, 0.4) is 0 Å². The number of hydrogen-bond donors (Lipinski definition) is 1. The molecule has 0 atom stereocenters. The van der Waals surface area contributed by atoms with Gasteiger partial charge in [-0.1, -0.05) is 29.4 Å². The normalized spacial score (nSPS) is 10.7. The molecule has 0 fully saturated rings. The van der Waals surface area contributed by atoms with E-state index in [0.717, 1.165) is 29.7 Å². The number of pyridine rings is 1. The summed E-state index contributed by atoms with van der Waals surface area (Å²) in [5, 5.41) is 4.12. The van der Waals surface area contributed by atoms with Gasteiger partial charge in [0.25, 0.3) is 0 Å². The maximum Gasteiger partial charge on any atom is 0.230 e. The predicted molar refractivity (Wildman–Crippen MR) is 82.7 cm³/mol. The Kier molecular flexibility index (Phi) is 3.69. The third-order valence-corrected chi connectivity index (χ3v) is 3.65. The lowest BCUT2D eigenvalue weighted by Crippen LogP contribution is -1.96. The molecule has 1 aromatic carbocycles. The van der Waals surface area contributed by atoms with E-state index in [-0.39, 0.29) is 0 Å². The summed E-state index contributed by atoms with van der Waals surface area (Å²) < 4.78 is 5.18. The molecule has 0 aliphatic rings. The molecule has 0 unspecified atom stereocenters. The van der Waals surface area contributed by atoms with Gasteiger partial charge in [-0.15, -0.1) is 0 Å². The summed E-state index contributed by atoms with van der Waals surface area (Å²) >= 11 is 0. The van der Waals surface area contributed by atoms with Crippen LogP contribution in [-0.4, -0.2) is 10.1 Å². The van der Waals surface area contributed by atoms with E-state index in [1.807, 2.05) is 12.1 Å². The van der Waals surface area contributed by atoms with Gasteiger partial charge in [0, 0.05) is 12.4 Å². The van der Waals surface area contributed by atoms with E-state index in [0.29, 0.717) is 5.88 Å². The third kappa shape index (κ3) is 2.79. The van der Waals surface area contributed by atoms with Crippen molar-refractivity contribution < 1.29 is 4.52 Å². The van der Waals surface area contributed by atoms with Gasteiger partial charge < -0.3 is 10.3 Å². The average molecular weight is 279 g/mol. The quantitative estimate of drug-likeness (QED) is 0.794. The molecule has 0 bridgehead atoms. The SMILES string of the molecule is Cc1ccccc1CCc1noc(N)c1-c1ccncc1. The molecule has 0 radical (unpaired) electrons. The number of benzene rings is 1. The zero-order chi connectivity index (χ0) is 14.7. The Bertz CT molecular complexity index is 735. The molecule has 2 heterocycles. The molecule has 3 aromatic rings. The second kappa shape index (κ2) is 5.79. The highest BCUT2D eigenvalue weighted by atomic mass is 16.5. The summed E-state index contributed by atoms with van der Waals surface area (Å²) in [6, 6.07) is 12.2. The summed E-state index contributed by atoms with van der Waals surface area (Å²) in [5.41, 5.74) is 11.3. The fourth-order valence-corrected chi connectivity index (χ4v) is 2.48. The largest absolute Gasteiger partial charge is 0.367 e. The minimum absolute atomic E-state index is 0.362. The van der Waals surface area contributed by atoms with Crippen LogP contribution in [0, 0.1) is 6.92 Å². The van der Waals surface area contributed by atoms with Crippen molar-refractivity contribution in [2.45, 2.75) is 19.8 Å². The molecule has 21 heavy (non-hydrogen) atoms. The Morgan fingerprint density at radius 2 is 1.81 bits per heavy atom. The van der Waals surface area contributed by atoms with Crippen LogP contribution >= 0.6 is 0 Å². The Morgan fingerprint density at radius 3 is 2.57 bits per heavy atom. The van der Waals surface area contributed by atoms with Crippen molar-refractivity contribution >= 4 is 5.88 Å². The maximum absolute atomic E-state index is 5.92. The summed E-state index contributed by atoms with van der Waals surface area (Å²) in [7, 11) is 0. The number of aromatic nitrogens is 2. The summed E-state index contributed by atoms with van der Waals surface area (Å²) in [4.78, 5) is 4.03. The van der Waals surface area contributed by atoms with Crippen LogP contribution in [0.5, 0.6) is 0 Å². The van der Waals surface area contributed by atoms with Gasteiger partial charge in [0.2, 0.25) is 5.88 Å². The Balaban J connectivity index is 1.86. The van der Waals surface area contributed by atoms with Gasteiger partial charge in [0.05, 0.1) is 11.3 Å². The fraction of sp³-hybridized carbons (Fsp3) is 0.176. The van der Waals surface area contributed by atoms with Gasteiger partial charge in [-0.25, -0.2) is 0 Å². The minimum Gasteiger partial charge on any atom is -0.367 e. The third-order valence-electron chi connectivity index (χ3n) is 3.65. The highest BCUT2D eigenvalue weighted by Crippen LogP contribution is 2.30.